The molecule has 0 aromatic rings. The predicted molar refractivity (Wildman–Crippen MR) is 70.7 cm³/mol. The summed E-state index contributed by atoms with van der Waals surface area (Å²) in [5, 5.41) is 9.25. The van der Waals surface area contributed by atoms with E-state index in [0.717, 1.165) is 12.8 Å². The highest BCUT2D eigenvalue weighted by atomic mass is 16.5. The molecule has 2 heterocycles. The number of carboxylic acids is 1. The number of carbonyl (C=O) groups is 3. The summed E-state index contributed by atoms with van der Waals surface area (Å²) < 4.78 is 9.90. The number of esters is 1. The highest BCUT2D eigenvalue weighted by molar-refractivity contribution is 5.87. The lowest BCUT2D eigenvalue weighted by Gasteiger charge is -2.40. The zero-order valence-electron chi connectivity index (χ0n) is 12.0. The van der Waals surface area contributed by atoms with Gasteiger partial charge in [-0.15, -0.1) is 0 Å². The molecular weight excluding hydrogens is 280 g/mol. The molecule has 118 valence electrons. The fraction of sp³-hybridized carbons (Fsp3) is 0.769. The molecule has 2 unspecified atom stereocenters. The van der Waals surface area contributed by atoms with Crippen LogP contribution in [0.2, 0.25) is 0 Å². The van der Waals surface area contributed by atoms with Crippen LogP contribution >= 0.6 is 0 Å². The van der Waals surface area contributed by atoms with Gasteiger partial charge >= 0.3 is 18.0 Å². The van der Waals surface area contributed by atoms with Crippen LogP contribution in [-0.4, -0.2) is 78.4 Å². The average Bonchev–Trinajstić information content (AvgIpc) is 2.53. The van der Waals surface area contributed by atoms with Crippen LogP contribution in [0, 0.1) is 0 Å². The lowest BCUT2D eigenvalue weighted by molar-refractivity contribution is -0.151. The van der Waals surface area contributed by atoms with Crippen molar-refractivity contribution in [2.75, 3.05) is 33.4 Å². The molecule has 0 saturated carbocycles. The van der Waals surface area contributed by atoms with Crippen molar-refractivity contribution < 1.29 is 29.0 Å². The summed E-state index contributed by atoms with van der Waals surface area (Å²) in [4.78, 5) is 38.4. The number of likely N-dealkylation sites (tertiary alicyclic amines) is 1. The first-order valence-electron chi connectivity index (χ1n) is 7.02. The third-order valence-corrected chi connectivity index (χ3v) is 3.88. The highest BCUT2D eigenvalue weighted by Crippen LogP contribution is 2.21. The van der Waals surface area contributed by atoms with Crippen LogP contribution in [0.5, 0.6) is 0 Å². The monoisotopic (exact) mass is 300 g/mol. The average molecular weight is 300 g/mol. The van der Waals surface area contributed by atoms with E-state index in [0.29, 0.717) is 19.6 Å². The molecule has 2 rings (SSSR count). The fourth-order valence-corrected chi connectivity index (χ4v) is 2.75. The van der Waals surface area contributed by atoms with Gasteiger partial charge in [-0.25, -0.2) is 14.4 Å². The van der Waals surface area contributed by atoms with Gasteiger partial charge in [0.2, 0.25) is 0 Å². The molecule has 0 radical (unpaired) electrons. The molecule has 1 N–H and O–H groups in total. The molecule has 8 heteroatoms. The van der Waals surface area contributed by atoms with Crippen molar-refractivity contribution in [2.45, 2.75) is 31.3 Å². The number of urea groups is 1. The Kier molecular flexibility index (Phi) is 5.00. The van der Waals surface area contributed by atoms with Crippen molar-refractivity contribution in [2.24, 2.45) is 0 Å². The van der Waals surface area contributed by atoms with E-state index in [-0.39, 0.29) is 13.2 Å². The van der Waals surface area contributed by atoms with E-state index < -0.39 is 30.1 Å². The minimum Gasteiger partial charge on any atom is -0.480 e. The molecule has 2 saturated heterocycles. The fourth-order valence-electron chi connectivity index (χ4n) is 2.75. The lowest BCUT2D eigenvalue weighted by Crippen LogP contribution is -2.60. The smallest absolute Gasteiger partial charge is 0.331 e. The number of piperidine rings is 1. The maximum atomic E-state index is 12.6. The Morgan fingerprint density at radius 3 is 2.52 bits per heavy atom. The minimum absolute atomic E-state index is 0.0734. The van der Waals surface area contributed by atoms with Crippen molar-refractivity contribution in [1.29, 1.82) is 0 Å². The number of rotatable bonds is 2. The summed E-state index contributed by atoms with van der Waals surface area (Å²) in [5.74, 6) is -1.56. The molecule has 0 bridgehead atoms. The van der Waals surface area contributed by atoms with Gasteiger partial charge in [-0.2, -0.15) is 0 Å². The molecule has 2 amide bonds. The van der Waals surface area contributed by atoms with Crippen molar-refractivity contribution in [1.82, 2.24) is 9.80 Å². The molecule has 2 atom stereocenters. The van der Waals surface area contributed by atoms with Gasteiger partial charge < -0.3 is 24.4 Å². The number of aliphatic carboxylic acids is 1. The van der Waals surface area contributed by atoms with Gasteiger partial charge in [-0.1, -0.05) is 0 Å². The van der Waals surface area contributed by atoms with E-state index >= 15 is 0 Å². The second kappa shape index (κ2) is 6.75. The van der Waals surface area contributed by atoms with E-state index in [1.165, 1.54) is 16.9 Å². The number of carbonyl (C=O) groups excluding carboxylic acids is 2. The topological polar surface area (TPSA) is 96.4 Å². The largest absolute Gasteiger partial charge is 0.480 e. The van der Waals surface area contributed by atoms with E-state index in [1.807, 2.05) is 0 Å². The van der Waals surface area contributed by atoms with Crippen LogP contribution in [0.3, 0.4) is 0 Å². The zero-order valence-corrected chi connectivity index (χ0v) is 12.0. The van der Waals surface area contributed by atoms with E-state index in [2.05, 4.69) is 4.74 Å². The molecule has 0 aromatic carbocycles. The first-order valence-corrected chi connectivity index (χ1v) is 7.02. The van der Waals surface area contributed by atoms with Crippen molar-refractivity contribution >= 4 is 18.0 Å². The highest BCUT2D eigenvalue weighted by Gasteiger charge is 2.40. The molecule has 2 fully saturated rings. The number of hydrogen-bond acceptors (Lipinski definition) is 5. The van der Waals surface area contributed by atoms with Crippen LogP contribution in [0.25, 0.3) is 0 Å². The standard InChI is InChI=1S/C13H20N2O6/c1-20-12(18)10-8-21-7-6-15(10)13(19)14-5-3-2-4-9(14)11(16)17/h9-10H,2-8H2,1H3,(H,16,17). The van der Waals surface area contributed by atoms with Crippen molar-refractivity contribution in [3.63, 3.8) is 0 Å². The Morgan fingerprint density at radius 2 is 1.86 bits per heavy atom. The third-order valence-electron chi connectivity index (χ3n) is 3.88. The first kappa shape index (κ1) is 15.6. The minimum atomic E-state index is -1.01. The predicted octanol–water partition coefficient (Wildman–Crippen LogP) is -0.0807. The molecule has 0 spiro atoms. The van der Waals surface area contributed by atoms with Gasteiger partial charge in [0.05, 0.1) is 20.3 Å². The maximum absolute atomic E-state index is 12.6. The SMILES string of the molecule is COC(=O)C1COCCN1C(=O)N1CCCCC1C(=O)O. The number of carboxylic acid groups (broad SMARTS) is 1. The summed E-state index contributed by atoms with van der Waals surface area (Å²) in [7, 11) is 1.25. The van der Waals surface area contributed by atoms with Crippen molar-refractivity contribution in [3.8, 4) is 0 Å². The van der Waals surface area contributed by atoms with Gasteiger partial charge in [0.25, 0.3) is 0 Å². The molecule has 0 aromatic heterocycles. The van der Waals surface area contributed by atoms with Crippen LogP contribution < -0.4 is 0 Å². The molecule has 21 heavy (non-hydrogen) atoms. The molecule has 2 aliphatic heterocycles. The Balaban J connectivity index is 2.15. The van der Waals surface area contributed by atoms with E-state index in [1.54, 1.807) is 0 Å². The lowest BCUT2D eigenvalue weighted by atomic mass is 10.0. The Labute approximate surface area is 122 Å². The molecule has 2 aliphatic rings. The van der Waals surface area contributed by atoms with E-state index in [9.17, 15) is 19.5 Å². The first-order chi connectivity index (χ1) is 10.1. The van der Waals surface area contributed by atoms with Crippen LogP contribution in [0.15, 0.2) is 0 Å². The number of morpholine rings is 1. The van der Waals surface area contributed by atoms with Crippen LogP contribution in [0.4, 0.5) is 4.79 Å². The quantitative estimate of drug-likeness (QED) is 0.717. The van der Waals surface area contributed by atoms with Gasteiger partial charge in [0, 0.05) is 13.1 Å². The number of ether oxygens (including phenoxy) is 2. The van der Waals surface area contributed by atoms with Gasteiger partial charge in [0.15, 0.2) is 6.04 Å². The third kappa shape index (κ3) is 3.26. The van der Waals surface area contributed by atoms with Crippen molar-refractivity contribution in [3.05, 3.63) is 0 Å². The molecule has 8 nitrogen and oxygen atoms in total. The Bertz CT molecular complexity index is 427. The Hall–Kier alpha value is -1.83. The number of nitrogens with zero attached hydrogens (tertiary/aromatic N) is 2. The van der Waals surface area contributed by atoms with Gasteiger partial charge in [0.1, 0.15) is 6.04 Å². The molecular formula is C13H20N2O6. The summed E-state index contributed by atoms with van der Waals surface area (Å²) >= 11 is 0. The van der Waals surface area contributed by atoms with Crippen LogP contribution in [0.1, 0.15) is 19.3 Å². The second-order valence-electron chi connectivity index (χ2n) is 5.13. The van der Waals surface area contributed by atoms with E-state index in [4.69, 9.17) is 4.74 Å². The zero-order chi connectivity index (χ0) is 15.4. The normalized spacial score (nSPS) is 26.3. The molecule has 0 aliphatic carbocycles. The maximum Gasteiger partial charge on any atom is 0.331 e. The van der Waals surface area contributed by atoms with Gasteiger partial charge in [-0.05, 0) is 19.3 Å². The number of hydrogen-bond donors (Lipinski definition) is 1. The number of methoxy groups -OCH3 is 1. The number of amides is 2. The summed E-state index contributed by atoms with van der Waals surface area (Å²) in [6, 6.07) is -2.07. The summed E-state index contributed by atoms with van der Waals surface area (Å²) in [5.41, 5.74) is 0. The summed E-state index contributed by atoms with van der Waals surface area (Å²) in [6.45, 7) is 1.04. The summed E-state index contributed by atoms with van der Waals surface area (Å²) in [6.07, 6.45) is 1.99. The van der Waals surface area contributed by atoms with Gasteiger partial charge in [-0.3, -0.25) is 0 Å². The second-order valence-corrected chi connectivity index (χ2v) is 5.13. The van der Waals surface area contributed by atoms with Crippen LogP contribution in [-0.2, 0) is 19.1 Å². The Morgan fingerprint density at radius 1 is 1.14 bits per heavy atom.